The van der Waals surface area contributed by atoms with E-state index in [-0.39, 0.29) is 41.8 Å². The molecule has 47 heavy (non-hydrogen) atoms. The molecule has 0 bridgehead atoms. The van der Waals surface area contributed by atoms with Gasteiger partial charge in [0, 0.05) is 12.6 Å². The minimum atomic E-state index is -1.39. The number of aromatic hydroxyl groups is 1. The summed E-state index contributed by atoms with van der Waals surface area (Å²) >= 11 is 0. The number of carbonyl (C=O) groups is 2. The Hall–Kier alpha value is -5.27. The van der Waals surface area contributed by atoms with E-state index in [0.29, 0.717) is 11.4 Å². The third-order valence-electron chi connectivity index (χ3n) is 8.65. The van der Waals surface area contributed by atoms with Gasteiger partial charge in [-0.3, -0.25) is 14.2 Å². The molecule has 11 nitrogen and oxygen atoms in total. The Labute approximate surface area is 267 Å². The molecule has 1 fully saturated rings. The summed E-state index contributed by atoms with van der Waals surface area (Å²) < 4.78 is 50.3. The fourth-order valence-electron chi connectivity index (χ4n) is 6.46. The molecule has 0 saturated carbocycles. The molecule has 1 saturated heterocycles. The number of phenolic OH excluding ortho intramolecular Hbond substituents is 1. The number of fused-ring (bicyclic) bond motifs is 2. The summed E-state index contributed by atoms with van der Waals surface area (Å²) in [4.78, 5) is 56.8. The van der Waals surface area contributed by atoms with Gasteiger partial charge < -0.3 is 20.2 Å². The number of halogens is 3. The quantitative estimate of drug-likeness (QED) is 0.297. The van der Waals surface area contributed by atoms with Crippen LogP contribution in [0.1, 0.15) is 57.8 Å². The van der Waals surface area contributed by atoms with E-state index in [9.17, 15) is 19.5 Å². The molecule has 2 atom stereocenters. The number of anilines is 2. The molecule has 0 radical (unpaired) electrons. The molecular weight excluding hydrogens is 615 g/mol. The normalized spacial score (nSPS) is 17.6. The Morgan fingerprint density at radius 3 is 2.30 bits per heavy atom. The number of piperazine rings is 1. The van der Waals surface area contributed by atoms with Crippen molar-refractivity contribution in [1.29, 1.82) is 0 Å². The van der Waals surface area contributed by atoms with E-state index in [4.69, 9.17) is 0 Å². The summed E-state index contributed by atoms with van der Waals surface area (Å²) in [5.74, 6) is -6.71. The predicted molar refractivity (Wildman–Crippen MR) is 169 cm³/mol. The average molecular weight is 648 g/mol. The van der Waals surface area contributed by atoms with Crippen LogP contribution in [0, 0.1) is 17.5 Å². The first-order valence-electron chi connectivity index (χ1n) is 15.1. The lowest BCUT2D eigenvalue weighted by atomic mass is 9.97. The van der Waals surface area contributed by atoms with Gasteiger partial charge in [0.15, 0.2) is 11.6 Å². The van der Waals surface area contributed by atoms with Crippen LogP contribution < -0.4 is 15.9 Å². The second-order valence-electron chi connectivity index (χ2n) is 12.3. The van der Waals surface area contributed by atoms with Crippen LogP contribution in [-0.2, 0) is 9.59 Å². The fraction of sp³-hybridized carbons (Fsp3) is 0.333. The van der Waals surface area contributed by atoms with E-state index in [0.717, 1.165) is 22.8 Å². The van der Waals surface area contributed by atoms with Crippen molar-refractivity contribution < 1.29 is 27.9 Å². The first kappa shape index (κ1) is 31.7. The Kier molecular flexibility index (Phi) is 7.77. The molecule has 14 heteroatoms. The van der Waals surface area contributed by atoms with Crippen LogP contribution in [0.2, 0.25) is 0 Å². The number of rotatable bonds is 5. The third kappa shape index (κ3) is 4.81. The highest BCUT2D eigenvalue weighted by Gasteiger charge is 2.44. The lowest BCUT2D eigenvalue weighted by Gasteiger charge is -2.44. The van der Waals surface area contributed by atoms with E-state index in [1.54, 1.807) is 6.92 Å². The molecule has 2 N–H and O–H groups in total. The van der Waals surface area contributed by atoms with Crippen LogP contribution in [0.25, 0.3) is 27.7 Å². The Morgan fingerprint density at radius 1 is 1.04 bits per heavy atom. The van der Waals surface area contributed by atoms with Gasteiger partial charge in [-0.2, -0.15) is 4.98 Å². The Balaban J connectivity index is 1.81. The summed E-state index contributed by atoms with van der Waals surface area (Å²) in [6.45, 7) is 12.3. The molecule has 6 rings (SSSR count). The number of hydrogen-bond donors (Lipinski definition) is 2. The van der Waals surface area contributed by atoms with Crippen LogP contribution in [-0.4, -0.2) is 66.5 Å². The Morgan fingerprint density at radius 2 is 1.70 bits per heavy atom. The number of aromatic nitrogens is 4. The number of amides is 2. The van der Waals surface area contributed by atoms with Gasteiger partial charge >= 0.3 is 5.69 Å². The van der Waals surface area contributed by atoms with Crippen molar-refractivity contribution in [2.45, 2.75) is 58.5 Å². The van der Waals surface area contributed by atoms with E-state index in [1.165, 1.54) is 22.2 Å². The summed E-state index contributed by atoms with van der Waals surface area (Å²) in [5, 5.41) is 12.9. The van der Waals surface area contributed by atoms with Crippen LogP contribution in [0.15, 0.2) is 42.0 Å². The van der Waals surface area contributed by atoms with Gasteiger partial charge in [0.1, 0.15) is 35.3 Å². The van der Waals surface area contributed by atoms with E-state index in [1.807, 2.05) is 27.7 Å². The largest absolute Gasteiger partial charge is 0.507 e. The maximum absolute atomic E-state index is 17.3. The summed E-state index contributed by atoms with van der Waals surface area (Å²) in [6.07, 6.45) is 2.44. The number of hydrogen-bond acceptors (Lipinski definition) is 8. The zero-order chi connectivity index (χ0) is 34.1. The molecule has 2 unspecified atom stereocenters. The molecule has 4 heterocycles. The predicted octanol–water partition coefficient (Wildman–Crippen LogP) is 4.76. The van der Waals surface area contributed by atoms with Crippen LogP contribution in [0.5, 0.6) is 5.75 Å². The lowest BCUT2D eigenvalue weighted by Crippen LogP contribution is -2.62. The molecule has 2 aromatic heterocycles. The molecule has 2 aliphatic rings. The maximum atomic E-state index is 17.3. The third-order valence-corrected chi connectivity index (χ3v) is 8.65. The van der Waals surface area contributed by atoms with E-state index < -0.39 is 75.1 Å². The molecule has 2 aromatic carbocycles. The summed E-state index contributed by atoms with van der Waals surface area (Å²) in [7, 11) is 0. The van der Waals surface area contributed by atoms with Gasteiger partial charge in [0.2, 0.25) is 11.8 Å². The molecule has 0 aliphatic carbocycles. The molecule has 4 aromatic rings. The highest BCUT2D eigenvalue weighted by atomic mass is 19.1. The monoisotopic (exact) mass is 647 g/mol. The molecule has 2 aliphatic heterocycles. The van der Waals surface area contributed by atoms with E-state index in [2.05, 4.69) is 26.8 Å². The van der Waals surface area contributed by atoms with Crippen molar-refractivity contribution in [3.63, 3.8) is 0 Å². The van der Waals surface area contributed by atoms with E-state index >= 15 is 13.2 Å². The number of nitrogens with one attached hydrogen (secondary N) is 1. The first-order chi connectivity index (χ1) is 22.3. The van der Waals surface area contributed by atoms with Gasteiger partial charge in [0.25, 0.3) is 0 Å². The molecule has 244 valence electrons. The zero-order valence-electron chi connectivity index (χ0n) is 26.3. The van der Waals surface area contributed by atoms with Gasteiger partial charge in [-0.1, -0.05) is 40.3 Å². The van der Waals surface area contributed by atoms with Gasteiger partial charge in [0.05, 0.1) is 45.8 Å². The topological polar surface area (TPSA) is 134 Å². The summed E-state index contributed by atoms with van der Waals surface area (Å²) in [6, 6.07) is 1.47. The van der Waals surface area contributed by atoms with Gasteiger partial charge in [-0.15, -0.1) is 0 Å². The van der Waals surface area contributed by atoms with Crippen molar-refractivity contribution in [3.05, 3.63) is 76.5 Å². The number of benzene rings is 2. The number of nitrogens with zero attached hydrogens (tertiary/aromatic N) is 6. The summed E-state index contributed by atoms with van der Waals surface area (Å²) in [5.41, 5.74) is -3.04. The minimum Gasteiger partial charge on any atom is -0.507 e. The lowest BCUT2D eigenvalue weighted by molar-refractivity contribution is -0.130. The van der Waals surface area contributed by atoms with Crippen molar-refractivity contribution in [3.8, 4) is 22.6 Å². The van der Waals surface area contributed by atoms with Crippen LogP contribution in [0.4, 0.5) is 24.7 Å². The zero-order valence-corrected chi connectivity index (χ0v) is 26.3. The highest BCUT2D eigenvalue weighted by Crippen LogP contribution is 2.47. The Bertz CT molecular complexity index is 2020. The molecular formula is C33H32F3N7O4. The van der Waals surface area contributed by atoms with Crippen LogP contribution in [0.3, 0.4) is 0 Å². The van der Waals surface area contributed by atoms with Crippen LogP contribution >= 0.6 is 0 Å². The first-order valence-corrected chi connectivity index (χ1v) is 15.1. The number of phenols is 1. The van der Waals surface area contributed by atoms with Crippen molar-refractivity contribution in [2.75, 3.05) is 23.3 Å². The fourth-order valence-corrected chi connectivity index (χ4v) is 6.46. The second kappa shape index (κ2) is 11.5. The molecule has 2 amide bonds. The smallest absolute Gasteiger partial charge is 0.354 e. The second-order valence-corrected chi connectivity index (χ2v) is 12.3. The standard InChI is InChI=1S/C33H32F3N7O4/c1-7-20(45)41-12-18-32(46)39-28-23-29(25(36)22(24(28)35)21-17(34)9-8-10-19(21)44)43(33(47)40-31(23)42(18)11-16(41)6)30-26(14(2)3)37-13-38-27(30)15(4)5/h7-10,13-16,18,44H,1,11-12H2,2-6H3,(H,39,46). The SMILES string of the molecule is C=CC(=O)N1CC2C(=O)Nc3c(F)c(-c4c(O)cccc4F)c(F)c4c3c(nc(=O)n4-c3c(C(C)C)ncnc3C(C)C)N2CC1C. The molecule has 0 spiro atoms. The maximum Gasteiger partial charge on any atom is 0.354 e. The number of carbonyl (C=O) groups excluding carboxylic acids is 2. The van der Waals surface area contributed by atoms with Crippen molar-refractivity contribution in [1.82, 2.24) is 24.4 Å². The van der Waals surface area contributed by atoms with Crippen molar-refractivity contribution in [2.24, 2.45) is 0 Å². The van der Waals surface area contributed by atoms with Crippen molar-refractivity contribution >= 4 is 34.2 Å². The average Bonchev–Trinajstić information content (AvgIpc) is 3.13. The van der Waals surface area contributed by atoms with Gasteiger partial charge in [-0.25, -0.2) is 27.9 Å². The minimum absolute atomic E-state index is 0.0231. The highest BCUT2D eigenvalue weighted by molar-refractivity contribution is 6.13. The van der Waals surface area contributed by atoms with Gasteiger partial charge in [-0.05, 0) is 37.0 Å².